The van der Waals surface area contributed by atoms with E-state index in [1.807, 2.05) is 0 Å². The summed E-state index contributed by atoms with van der Waals surface area (Å²) in [6.07, 6.45) is 4.08. The molecule has 11 heteroatoms. The molecule has 4 rings (SSSR count). The van der Waals surface area contributed by atoms with Gasteiger partial charge in [0.1, 0.15) is 0 Å². The molecule has 33 heavy (non-hydrogen) atoms. The van der Waals surface area contributed by atoms with Crippen molar-refractivity contribution in [3.63, 3.8) is 0 Å². The summed E-state index contributed by atoms with van der Waals surface area (Å²) in [6, 6.07) is 4.59. The molecule has 1 saturated heterocycles. The van der Waals surface area contributed by atoms with Gasteiger partial charge in [-0.15, -0.1) is 0 Å². The number of sulfonamides is 1. The summed E-state index contributed by atoms with van der Waals surface area (Å²) >= 11 is 5.65. The smallest absolute Gasteiger partial charge is 0.256 e. The average molecular weight is 499 g/mol. The zero-order chi connectivity index (χ0) is 24.0. The lowest BCUT2D eigenvalue weighted by Crippen LogP contribution is -2.48. The summed E-state index contributed by atoms with van der Waals surface area (Å²) in [4.78, 5) is 12.9. The van der Waals surface area contributed by atoms with Gasteiger partial charge >= 0.3 is 0 Å². The number of carbonyl (C=O) groups excluding carboxylic acids is 1. The van der Waals surface area contributed by atoms with E-state index in [9.17, 15) is 32.2 Å². The molecule has 0 bridgehead atoms. The Morgan fingerprint density at radius 1 is 1.18 bits per heavy atom. The van der Waals surface area contributed by atoms with Crippen molar-refractivity contribution < 1.29 is 32.2 Å². The van der Waals surface area contributed by atoms with Gasteiger partial charge in [0, 0.05) is 30.4 Å². The van der Waals surface area contributed by atoms with Crippen LogP contribution in [0.25, 0.3) is 6.08 Å². The van der Waals surface area contributed by atoms with E-state index in [1.54, 1.807) is 12.2 Å². The lowest BCUT2D eigenvalue weighted by atomic mass is 9.94. The van der Waals surface area contributed by atoms with E-state index in [1.165, 1.54) is 16.4 Å². The Morgan fingerprint density at radius 2 is 1.88 bits per heavy atom. The number of nitrogens with one attached hydrogen (secondary N) is 1. The maximum atomic E-state index is 13.7. The highest BCUT2D eigenvalue weighted by molar-refractivity contribution is 7.89. The molecular formula is C22H21ClF2N2O5S. The largest absolute Gasteiger partial charge is 0.393 e. The number of benzene rings is 2. The summed E-state index contributed by atoms with van der Waals surface area (Å²) in [5.74, 6) is -3.17. The Hall–Kier alpha value is -2.37. The minimum atomic E-state index is -3.99. The fourth-order valence-corrected chi connectivity index (χ4v) is 5.69. The summed E-state index contributed by atoms with van der Waals surface area (Å²) in [5, 5.41) is 21.4. The summed E-state index contributed by atoms with van der Waals surface area (Å²) in [7, 11) is -3.99. The predicted octanol–water partition coefficient (Wildman–Crippen LogP) is 2.95. The second-order valence-corrected chi connectivity index (χ2v) is 10.5. The van der Waals surface area contributed by atoms with Gasteiger partial charge in [0.05, 0.1) is 22.1 Å². The molecule has 1 aliphatic heterocycles. The second kappa shape index (κ2) is 8.77. The number of fused-ring (bicyclic) bond motifs is 1. The summed E-state index contributed by atoms with van der Waals surface area (Å²) in [6.45, 7) is -0.420. The van der Waals surface area contributed by atoms with Gasteiger partial charge in [-0.2, -0.15) is 4.31 Å². The molecule has 176 valence electrons. The van der Waals surface area contributed by atoms with E-state index >= 15 is 0 Å². The third-order valence-electron chi connectivity index (χ3n) is 5.93. The van der Waals surface area contributed by atoms with Crippen molar-refractivity contribution in [3.8, 4) is 0 Å². The van der Waals surface area contributed by atoms with Crippen LogP contribution in [0.3, 0.4) is 0 Å². The molecule has 3 N–H and O–H groups in total. The van der Waals surface area contributed by atoms with Crippen LogP contribution in [0.4, 0.5) is 14.5 Å². The van der Waals surface area contributed by atoms with E-state index < -0.39 is 44.8 Å². The van der Waals surface area contributed by atoms with Gasteiger partial charge in [0.15, 0.2) is 11.6 Å². The number of nitrogens with zero attached hydrogens (tertiary/aromatic N) is 1. The van der Waals surface area contributed by atoms with Gasteiger partial charge in [0.2, 0.25) is 10.0 Å². The first-order chi connectivity index (χ1) is 15.5. The monoisotopic (exact) mass is 498 g/mol. The number of halogens is 3. The molecular weight excluding hydrogens is 478 g/mol. The molecule has 0 unspecified atom stereocenters. The Bertz CT molecular complexity index is 1230. The number of hydrogen-bond acceptors (Lipinski definition) is 5. The standard InChI is InChI=1S/C22H21ClF2N2O5S/c23-18-9-14(10-19(24)20(18)25)26-21(29)17-11-15(8-13-2-1-3-16(13)17)33(31,32)27-6-4-22(30,12-28)5-7-27/h1,3,8-11,28,30H,2,4-7,12H2,(H,26,29). The topological polar surface area (TPSA) is 107 Å². The second-order valence-electron chi connectivity index (χ2n) is 8.14. The first kappa shape index (κ1) is 23.8. The summed E-state index contributed by atoms with van der Waals surface area (Å²) < 4.78 is 54.9. The molecule has 1 fully saturated rings. The number of piperidine rings is 1. The highest BCUT2D eigenvalue weighted by Crippen LogP contribution is 2.32. The zero-order valence-electron chi connectivity index (χ0n) is 17.3. The molecule has 1 amide bonds. The average Bonchev–Trinajstić information content (AvgIpc) is 3.26. The van der Waals surface area contributed by atoms with Crippen LogP contribution in [0, 0.1) is 11.6 Å². The number of hydrogen-bond donors (Lipinski definition) is 3. The molecule has 1 aliphatic carbocycles. The van der Waals surface area contributed by atoms with Crippen LogP contribution in [0.15, 0.2) is 35.2 Å². The Morgan fingerprint density at radius 3 is 2.52 bits per heavy atom. The van der Waals surface area contributed by atoms with Crippen LogP contribution in [-0.4, -0.2) is 54.1 Å². The molecule has 0 saturated carbocycles. The number of aliphatic hydroxyl groups is 2. The van der Waals surface area contributed by atoms with Gasteiger partial charge in [-0.25, -0.2) is 17.2 Å². The first-order valence-electron chi connectivity index (χ1n) is 10.2. The Balaban J connectivity index is 1.66. The van der Waals surface area contributed by atoms with E-state index in [0.717, 1.165) is 12.1 Å². The number of aliphatic hydroxyl groups excluding tert-OH is 1. The van der Waals surface area contributed by atoms with Crippen LogP contribution in [-0.2, 0) is 16.4 Å². The van der Waals surface area contributed by atoms with Crippen molar-refractivity contribution in [2.45, 2.75) is 29.8 Å². The number of allylic oxidation sites excluding steroid dienone is 1. The quantitative estimate of drug-likeness (QED) is 0.549. The molecule has 2 aliphatic rings. The molecule has 2 aromatic rings. The fourth-order valence-electron chi connectivity index (χ4n) is 3.97. The van der Waals surface area contributed by atoms with Crippen molar-refractivity contribution in [1.82, 2.24) is 4.31 Å². The number of anilines is 1. The maximum absolute atomic E-state index is 13.7. The molecule has 1 heterocycles. The van der Waals surface area contributed by atoms with E-state index in [-0.39, 0.29) is 42.1 Å². The number of amides is 1. The minimum absolute atomic E-state index is 0.0175. The molecule has 2 aromatic carbocycles. The number of carbonyl (C=O) groups is 1. The van der Waals surface area contributed by atoms with Crippen LogP contribution < -0.4 is 5.32 Å². The zero-order valence-corrected chi connectivity index (χ0v) is 18.9. The minimum Gasteiger partial charge on any atom is -0.393 e. The lowest BCUT2D eigenvalue weighted by molar-refractivity contribution is -0.0480. The predicted molar refractivity (Wildman–Crippen MR) is 119 cm³/mol. The van der Waals surface area contributed by atoms with Gasteiger partial charge < -0.3 is 15.5 Å². The fraction of sp³-hybridized carbons (Fsp3) is 0.318. The molecule has 0 aromatic heterocycles. The van der Waals surface area contributed by atoms with Gasteiger partial charge in [-0.1, -0.05) is 23.8 Å². The van der Waals surface area contributed by atoms with Crippen molar-refractivity contribution in [2.75, 3.05) is 25.0 Å². The van der Waals surface area contributed by atoms with Crippen LogP contribution in [0.5, 0.6) is 0 Å². The summed E-state index contributed by atoms with van der Waals surface area (Å²) in [5.41, 5.74) is -0.163. The molecule has 0 atom stereocenters. The van der Waals surface area contributed by atoms with Gasteiger partial charge in [-0.3, -0.25) is 4.79 Å². The van der Waals surface area contributed by atoms with Gasteiger partial charge in [0.25, 0.3) is 5.91 Å². The van der Waals surface area contributed by atoms with Gasteiger partial charge in [-0.05, 0) is 48.6 Å². The van der Waals surface area contributed by atoms with Crippen molar-refractivity contribution >= 4 is 39.3 Å². The van der Waals surface area contributed by atoms with E-state index in [0.29, 0.717) is 17.5 Å². The van der Waals surface area contributed by atoms with Crippen molar-refractivity contribution in [1.29, 1.82) is 0 Å². The van der Waals surface area contributed by atoms with Crippen LogP contribution in [0.2, 0.25) is 5.02 Å². The normalized spacial score (nSPS) is 17.7. The Labute approximate surface area is 194 Å². The Kier molecular flexibility index (Phi) is 6.32. The van der Waals surface area contributed by atoms with Crippen molar-refractivity contribution in [3.05, 3.63) is 63.7 Å². The SMILES string of the molecule is O=C(Nc1cc(F)c(F)c(Cl)c1)c1cc(S(=O)(=O)N2CCC(O)(CO)CC2)cc2c1C=CC2. The highest BCUT2D eigenvalue weighted by atomic mass is 35.5. The third-order valence-corrected chi connectivity index (χ3v) is 8.08. The first-order valence-corrected chi connectivity index (χ1v) is 12.0. The van der Waals surface area contributed by atoms with E-state index in [4.69, 9.17) is 11.6 Å². The van der Waals surface area contributed by atoms with E-state index in [2.05, 4.69) is 5.32 Å². The highest BCUT2D eigenvalue weighted by Gasteiger charge is 2.37. The van der Waals surface area contributed by atoms with Crippen molar-refractivity contribution in [2.24, 2.45) is 0 Å². The lowest BCUT2D eigenvalue weighted by Gasteiger charge is -2.36. The van der Waals surface area contributed by atoms with Crippen LogP contribution in [0.1, 0.15) is 34.3 Å². The molecule has 0 spiro atoms. The van der Waals surface area contributed by atoms with Crippen LogP contribution >= 0.6 is 11.6 Å². The third kappa shape index (κ3) is 4.53. The maximum Gasteiger partial charge on any atom is 0.256 e. The molecule has 7 nitrogen and oxygen atoms in total. The number of rotatable bonds is 5. The molecule has 0 radical (unpaired) electrons.